The molecule has 1 aromatic carbocycles. The Morgan fingerprint density at radius 1 is 1.26 bits per heavy atom. The highest BCUT2D eigenvalue weighted by Gasteiger charge is 2.62. The second-order valence-electron chi connectivity index (χ2n) is 7.66. The first-order chi connectivity index (χ1) is 14.3. The van der Waals surface area contributed by atoms with Gasteiger partial charge >= 0.3 is 6.18 Å². The monoisotopic (exact) mass is 443 g/mol. The van der Waals surface area contributed by atoms with Gasteiger partial charge in [0.05, 0.1) is 12.8 Å². The first-order valence-electron chi connectivity index (χ1n) is 9.12. The van der Waals surface area contributed by atoms with Gasteiger partial charge in [0.15, 0.2) is 5.54 Å². The summed E-state index contributed by atoms with van der Waals surface area (Å²) in [6.45, 7) is 3.16. The van der Waals surface area contributed by atoms with Crippen LogP contribution < -0.4 is 16.0 Å². The Labute approximate surface area is 174 Å². The van der Waals surface area contributed by atoms with Gasteiger partial charge in [-0.05, 0) is 50.6 Å². The lowest BCUT2D eigenvalue weighted by atomic mass is 9.89. The summed E-state index contributed by atoms with van der Waals surface area (Å²) in [6, 6.07) is 4.72. The van der Waals surface area contributed by atoms with Gasteiger partial charge < -0.3 is 10.1 Å². The molecule has 0 spiro atoms. The fourth-order valence-electron chi connectivity index (χ4n) is 3.19. The first-order valence-corrected chi connectivity index (χ1v) is 9.12. The summed E-state index contributed by atoms with van der Waals surface area (Å²) in [7, 11) is 0. The quantitative estimate of drug-likeness (QED) is 0.633. The fourth-order valence-corrected chi connectivity index (χ4v) is 3.19. The molecule has 2 heterocycles. The second-order valence-corrected chi connectivity index (χ2v) is 7.66. The molecule has 3 rings (SSSR count). The molecule has 0 radical (unpaired) electrons. The predicted molar refractivity (Wildman–Crippen MR) is 101 cm³/mol. The number of rotatable bonds is 3. The minimum atomic E-state index is -4.78. The molecule has 0 saturated heterocycles. The number of hydrogen-bond acceptors (Lipinski definition) is 4. The number of carbonyl (C=O) groups excluding carboxylic acids is 1. The van der Waals surface area contributed by atoms with Gasteiger partial charge in [-0.15, -0.1) is 0 Å². The highest BCUT2D eigenvalue weighted by atomic mass is 19.4. The highest BCUT2D eigenvalue weighted by molar-refractivity contribution is 6.03. The lowest BCUT2D eigenvalue weighted by molar-refractivity contribution is -0.587. The Kier molecular flexibility index (Phi) is 5.51. The number of amides is 1. The predicted octanol–water partition coefficient (Wildman–Crippen LogP) is 1.92. The highest BCUT2D eigenvalue weighted by Crippen LogP contribution is 2.36. The largest absolute Gasteiger partial charge is 0.429 e. The van der Waals surface area contributed by atoms with Crippen molar-refractivity contribution >= 4 is 17.4 Å². The van der Waals surface area contributed by atoms with Gasteiger partial charge in [0.25, 0.3) is 17.3 Å². The number of hydrogen-bond donors (Lipinski definition) is 3. The summed E-state index contributed by atoms with van der Waals surface area (Å²) in [5.74, 6) is -2.72. The third-order valence-electron chi connectivity index (χ3n) is 5.19. The number of halogens is 5. The minimum Gasteiger partial charge on any atom is -0.350 e. The summed E-state index contributed by atoms with van der Waals surface area (Å²) in [4.78, 5) is 18.7. The van der Waals surface area contributed by atoms with Gasteiger partial charge in [-0.25, -0.2) is 13.8 Å². The molecular weight excluding hydrogens is 423 g/mol. The second kappa shape index (κ2) is 7.56. The maximum Gasteiger partial charge on any atom is 0.429 e. The molecule has 1 aliphatic heterocycles. The number of nitrogens with zero attached hydrogens (tertiary/aromatic N) is 1. The number of nitrogens with two attached hydrogens (primary N) is 1. The van der Waals surface area contributed by atoms with Crippen LogP contribution >= 0.6 is 0 Å². The van der Waals surface area contributed by atoms with Crippen LogP contribution in [0.1, 0.15) is 35.5 Å². The van der Waals surface area contributed by atoms with Crippen molar-refractivity contribution in [2.75, 3.05) is 11.9 Å². The van der Waals surface area contributed by atoms with E-state index in [1.807, 2.05) is 0 Å². The third kappa shape index (κ3) is 4.09. The first kappa shape index (κ1) is 22.6. The molecule has 31 heavy (non-hydrogen) atoms. The van der Waals surface area contributed by atoms with E-state index in [1.165, 1.54) is 26.0 Å². The fraction of sp³-hybridized carbons (Fsp3) is 0.350. The van der Waals surface area contributed by atoms with Crippen LogP contribution in [0.25, 0.3) is 0 Å². The van der Waals surface area contributed by atoms with Crippen LogP contribution in [0.15, 0.2) is 30.5 Å². The number of alkyl halides is 3. The van der Waals surface area contributed by atoms with Gasteiger partial charge in [0.1, 0.15) is 17.3 Å². The number of amidine groups is 1. The number of aromatic nitrogens is 1. The van der Waals surface area contributed by atoms with Crippen molar-refractivity contribution in [3.8, 4) is 0 Å². The minimum absolute atomic E-state index is 0.0314. The normalized spacial score (nSPS) is 23.9. The Morgan fingerprint density at radius 2 is 1.94 bits per heavy atom. The molecule has 166 valence electrons. The van der Waals surface area contributed by atoms with E-state index in [4.69, 9.17) is 10.5 Å². The number of aryl methyl sites for hydroxylation is 1. The van der Waals surface area contributed by atoms with E-state index in [9.17, 15) is 26.7 Å². The van der Waals surface area contributed by atoms with E-state index in [-0.39, 0.29) is 16.9 Å². The van der Waals surface area contributed by atoms with Crippen LogP contribution in [0, 0.1) is 18.6 Å². The summed E-state index contributed by atoms with van der Waals surface area (Å²) < 4.78 is 72.8. The zero-order chi connectivity index (χ0) is 23.2. The summed E-state index contributed by atoms with van der Waals surface area (Å²) in [5.41, 5.74) is 1.78. The number of anilines is 1. The summed E-state index contributed by atoms with van der Waals surface area (Å²) in [6.07, 6.45) is -3.89. The van der Waals surface area contributed by atoms with Gasteiger partial charge in [0, 0.05) is 11.3 Å². The van der Waals surface area contributed by atoms with E-state index in [1.54, 1.807) is 0 Å². The SMILES string of the molecule is Cc1cc(F)cnc1C(=O)Nc1ccc(F)c([C@]2(C)CO[C@@](C)(C(F)(F)F)C(N)=[NH+]2)c1. The van der Waals surface area contributed by atoms with Crippen molar-refractivity contribution in [1.82, 2.24) is 4.98 Å². The molecule has 1 aliphatic rings. The molecule has 2 atom stereocenters. The average Bonchev–Trinajstić information content (AvgIpc) is 2.65. The zero-order valence-electron chi connectivity index (χ0n) is 16.8. The Bertz CT molecular complexity index is 1070. The van der Waals surface area contributed by atoms with Gasteiger partial charge in [-0.1, -0.05) is 0 Å². The summed E-state index contributed by atoms with van der Waals surface area (Å²) >= 11 is 0. The molecule has 0 saturated carbocycles. The number of pyridine rings is 1. The molecule has 0 unspecified atom stereocenters. The molecule has 2 aromatic rings. The van der Waals surface area contributed by atoms with Gasteiger partial charge in [-0.3, -0.25) is 15.5 Å². The maximum absolute atomic E-state index is 14.6. The van der Waals surface area contributed by atoms with E-state index >= 15 is 0 Å². The van der Waals surface area contributed by atoms with Gasteiger partial charge in [-0.2, -0.15) is 13.2 Å². The molecule has 6 nitrogen and oxygen atoms in total. The summed E-state index contributed by atoms with van der Waals surface area (Å²) in [5, 5.41) is 2.52. The van der Waals surface area contributed by atoms with Gasteiger partial charge in [0.2, 0.25) is 0 Å². The zero-order valence-corrected chi connectivity index (χ0v) is 16.8. The molecule has 0 fully saturated rings. The number of benzene rings is 1. The van der Waals surface area contributed by atoms with Crippen molar-refractivity contribution < 1.29 is 36.5 Å². The Hall–Kier alpha value is -3.08. The van der Waals surface area contributed by atoms with Crippen molar-refractivity contribution in [2.45, 2.75) is 38.1 Å². The van der Waals surface area contributed by atoms with Crippen LogP contribution in [-0.4, -0.2) is 35.1 Å². The van der Waals surface area contributed by atoms with Crippen LogP contribution in [0.5, 0.6) is 0 Å². The molecule has 4 N–H and O–H groups in total. The van der Waals surface area contributed by atoms with Crippen LogP contribution in [0.4, 0.5) is 27.6 Å². The van der Waals surface area contributed by atoms with Crippen molar-refractivity contribution in [1.29, 1.82) is 0 Å². The molecule has 0 bridgehead atoms. The smallest absolute Gasteiger partial charge is 0.350 e. The molecular formula is C20H20F5N4O2+. The van der Waals surface area contributed by atoms with Crippen LogP contribution in [0.2, 0.25) is 0 Å². The number of nitrogens with one attached hydrogen (secondary N) is 2. The molecule has 0 aliphatic carbocycles. The standard InChI is InChI=1S/C20H19F5N4O2/c1-10-6-11(21)8-27-15(10)16(30)28-12-4-5-14(22)13(7-12)18(2)9-31-19(3,17(26)29-18)20(23,24)25/h4-8H,9H2,1-3H3,(H2,26,29)(H,28,30)/p+1/t18-,19+/m0/s1. The molecule has 11 heteroatoms. The maximum atomic E-state index is 14.6. The number of carbonyl (C=O) groups is 1. The molecule has 1 aromatic heterocycles. The third-order valence-corrected chi connectivity index (χ3v) is 5.19. The topological polar surface area (TPSA) is 91.2 Å². The van der Waals surface area contributed by atoms with E-state index in [0.717, 1.165) is 25.3 Å². The van der Waals surface area contributed by atoms with E-state index in [2.05, 4.69) is 15.3 Å². The van der Waals surface area contributed by atoms with Crippen molar-refractivity contribution in [3.05, 3.63) is 58.9 Å². The average molecular weight is 443 g/mol. The Morgan fingerprint density at radius 3 is 2.52 bits per heavy atom. The van der Waals surface area contributed by atoms with Crippen molar-refractivity contribution in [3.63, 3.8) is 0 Å². The van der Waals surface area contributed by atoms with Crippen molar-refractivity contribution in [2.24, 2.45) is 5.73 Å². The lowest BCUT2D eigenvalue weighted by Gasteiger charge is -2.37. The van der Waals surface area contributed by atoms with Crippen LogP contribution in [-0.2, 0) is 10.3 Å². The van der Waals surface area contributed by atoms with E-state index in [0.29, 0.717) is 5.56 Å². The lowest BCUT2D eigenvalue weighted by Crippen LogP contribution is -2.94. The van der Waals surface area contributed by atoms with Crippen LogP contribution in [0.3, 0.4) is 0 Å². The Balaban J connectivity index is 1.94. The molecule has 1 amide bonds. The number of ether oxygens (including phenoxy) is 1. The van der Waals surface area contributed by atoms with E-state index < -0.39 is 47.3 Å².